The van der Waals surface area contributed by atoms with E-state index in [1.807, 2.05) is 13.8 Å². The summed E-state index contributed by atoms with van der Waals surface area (Å²) in [6, 6.07) is 6.20. The number of piperidine rings is 1. The van der Waals surface area contributed by atoms with Crippen molar-refractivity contribution in [3.05, 3.63) is 29.8 Å². The number of nitrogens with two attached hydrogens (primary N) is 1. The van der Waals surface area contributed by atoms with Crippen molar-refractivity contribution < 1.29 is 13.2 Å². The lowest BCUT2D eigenvalue weighted by molar-refractivity contribution is 0.0898. The topological polar surface area (TPSA) is 92.5 Å². The standard InChI is InChI=1S/C20H33N3O3S/c1-15(2)13-20(4,14-21)22-19(24)17-8-10-18(11-9-17)27(25,26)23-12-6-5-7-16(23)3/h8-11,15-16H,5-7,12-14,21H2,1-4H3,(H,22,24). The van der Waals surface area contributed by atoms with E-state index in [4.69, 9.17) is 5.73 Å². The van der Waals surface area contributed by atoms with Gasteiger partial charge < -0.3 is 11.1 Å². The molecule has 1 amide bonds. The average Bonchev–Trinajstić information content (AvgIpc) is 2.61. The summed E-state index contributed by atoms with van der Waals surface area (Å²) in [5.41, 5.74) is 5.81. The summed E-state index contributed by atoms with van der Waals surface area (Å²) in [4.78, 5) is 12.8. The lowest BCUT2D eigenvalue weighted by atomic mass is 9.90. The fourth-order valence-electron chi connectivity index (χ4n) is 3.78. The zero-order valence-corrected chi connectivity index (χ0v) is 17.7. The fraction of sp³-hybridized carbons (Fsp3) is 0.650. The van der Waals surface area contributed by atoms with Crippen LogP contribution in [0.3, 0.4) is 0 Å². The van der Waals surface area contributed by atoms with Crippen LogP contribution < -0.4 is 11.1 Å². The number of carbonyl (C=O) groups is 1. The summed E-state index contributed by atoms with van der Waals surface area (Å²) < 4.78 is 27.3. The minimum atomic E-state index is -3.53. The molecule has 1 heterocycles. The van der Waals surface area contributed by atoms with Crippen LogP contribution >= 0.6 is 0 Å². The lowest BCUT2D eigenvalue weighted by Gasteiger charge is -2.32. The van der Waals surface area contributed by atoms with Gasteiger partial charge in [0.25, 0.3) is 5.91 Å². The van der Waals surface area contributed by atoms with Crippen molar-refractivity contribution in [2.24, 2.45) is 11.7 Å². The van der Waals surface area contributed by atoms with E-state index in [1.54, 1.807) is 16.4 Å². The summed E-state index contributed by atoms with van der Waals surface area (Å²) in [7, 11) is -3.53. The lowest BCUT2D eigenvalue weighted by Crippen LogP contribution is -2.52. The van der Waals surface area contributed by atoms with E-state index in [-0.39, 0.29) is 16.8 Å². The van der Waals surface area contributed by atoms with E-state index in [0.717, 1.165) is 25.7 Å². The highest BCUT2D eigenvalue weighted by molar-refractivity contribution is 7.89. The van der Waals surface area contributed by atoms with Crippen LogP contribution in [0.4, 0.5) is 0 Å². The predicted molar refractivity (Wildman–Crippen MR) is 108 cm³/mol. The Hall–Kier alpha value is -1.44. The molecular formula is C20H33N3O3S. The molecule has 0 radical (unpaired) electrons. The Morgan fingerprint density at radius 1 is 1.30 bits per heavy atom. The molecule has 2 unspecified atom stereocenters. The third kappa shape index (κ3) is 5.30. The number of carbonyl (C=O) groups excluding carboxylic acids is 1. The molecule has 7 heteroatoms. The molecule has 1 aromatic carbocycles. The Morgan fingerprint density at radius 3 is 2.44 bits per heavy atom. The summed E-state index contributed by atoms with van der Waals surface area (Å²) in [5, 5.41) is 3.00. The molecule has 1 aliphatic rings. The van der Waals surface area contributed by atoms with Gasteiger partial charge >= 0.3 is 0 Å². The molecule has 0 saturated carbocycles. The van der Waals surface area contributed by atoms with Crippen LogP contribution in [0, 0.1) is 5.92 Å². The molecule has 1 saturated heterocycles. The van der Waals surface area contributed by atoms with Crippen LogP contribution in [-0.4, -0.2) is 43.3 Å². The maximum Gasteiger partial charge on any atom is 0.251 e. The highest BCUT2D eigenvalue weighted by Crippen LogP contribution is 2.25. The first-order chi connectivity index (χ1) is 12.6. The molecule has 2 rings (SSSR count). The minimum Gasteiger partial charge on any atom is -0.346 e. The van der Waals surface area contributed by atoms with Crippen LogP contribution in [0.15, 0.2) is 29.2 Å². The molecule has 1 aromatic rings. The molecule has 0 aliphatic carbocycles. The largest absolute Gasteiger partial charge is 0.346 e. The first kappa shape index (κ1) is 21.9. The van der Waals surface area contributed by atoms with Gasteiger partial charge in [0.1, 0.15) is 0 Å². The van der Waals surface area contributed by atoms with Crippen LogP contribution in [0.1, 0.15) is 63.7 Å². The van der Waals surface area contributed by atoms with E-state index in [1.165, 1.54) is 12.1 Å². The monoisotopic (exact) mass is 395 g/mol. The summed E-state index contributed by atoms with van der Waals surface area (Å²) >= 11 is 0. The maximum atomic E-state index is 12.9. The number of rotatable bonds is 7. The Morgan fingerprint density at radius 2 is 1.93 bits per heavy atom. The second-order valence-electron chi connectivity index (χ2n) is 8.30. The van der Waals surface area contributed by atoms with Crippen molar-refractivity contribution in [3.63, 3.8) is 0 Å². The van der Waals surface area contributed by atoms with Gasteiger partial charge in [-0.2, -0.15) is 4.31 Å². The van der Waals surface area contributed by atoms with Crippen molar-refractivity contribution in [1.82, 2.24) is 9.62 Å². The number of hydrogen-bond donors (Lipinski definition) is 2. The minimum absolute atomic E-state index is 0.00743. The molecular weight excluding hydrogens is 362 g/mol. The Balaban J connectivity index is 2.15. The second kappa shape index (κ2) is 8.71. The van der Waals surface area contributed by atoms with Crippen molar-refractivity contribution >= 4 is 15.9 Å². The highest BCUT2D eigenvalue weighted by Gasteiger charge is 2.31. The van der Waals surface area contributed by atoms with Gasteiger partial charge in [-0.15, -0.1) is 0 Å². The number of hydrogen-bond acceptors (Lipinski definition) is 4. The van der Waals surface area contributed by atoms with Crippen LogP contribution in [-0.2, 0) is 10.0 Å². The van der Waals surface area contributed by atoms with E-state index >= 15 is 0 Å². The van der Waals surface area contributed by atoms with Gasteiger partial charge in [-0.1, -0.05) is 20.3 Å². The van der Waals surface area contributed by atoms with Crippen molar-refractivity contribution in [1.29, 1.82) is 0 Å². The van der Waals surface area contributed by atoms with Gasteiger partial charge in [0.2, 0.25) is 10.0 Å². The van der Waals surface area contributed by atoms with E-state index in [2.05, 4.69) is 19.2 Å². The molecule has 2 atom stereocenters. The summed E-state index contributed by atoms with van der Waals surface area (Å²) in [6.07, 6.45) is 3.60. The van der Waals surface area contributed by atoms with E-state index < -0.39 is 15.6 Å². The molecule has 1 aliphatic heterocycles. The predicted octanol–water partition coefficient (Wildman–Crippen LogP) is 2.74. The number of sulfonamides is 1. The molecule has 6 nitrogen and oxygen atoms in total. The Kier molecular flexibility index (Phi) is 7.05. The van der Waals surface area contributed by atoms with Crippen molar-refractivity contribution in [2.75, 3.05) is 13.1 Å². The quantitative estimate of drug-likeness (QED) is 0.742. The smallest absolute Gasteiger partial charge is 0.251 e. The zero-order valence-electron chi connectivity index (χ0n) is 16.9. The summed E-state index contributed by atoms with van der Waals surface area (Å²) in [6.45, 7) is 8.94. The van der Waals surface area contributed by atoms with Gasteiger partial charge in [-0.25, -0.2) is 8.42 Å². The zero-order chi connectivity index (χ0) is 20.2. The molecule has 1 fully saturated rings. The van der Waals surface area contributed by atoms with Crippen molar-refractivity contribution in [2.45, 2.75) is 69.9 Å². The van der Waals surface area contributed by atoms with Crippen LogP contribution in [0.2, 0.25) is 0 Å². The molecule has 152 valence electrons. The van der Waals surface area contributed by atoms with Gasteiger partial charge in [-0.3, -0.25) is 4.79 Å². The third-order valence-electron chi connectivity index (χ3n) is 5.19. The molecule has 0 aromatic heterocycles. The molecule has 0 spiro atoms. The number of nitrogens with zero attached hydrogens (tertiary/aromatic N) is 1. The normalized spacial score (nSPS) is 21.0. The van der Waals surface area contributed by atoms with Gasteiger partial charge in [0, 0.05) is 30.2 Å². The summed E-state index contributed by atoms with van der Waals surface area (Å²) in [5.74, 6) is 0.164. The number of amides is 1. The first-order valence-corrected chi connectivity index (χ1v) is 11.2. The van der Waals surface area contributed by atoms with E-state index in [9.17, 15) is 13.2 Å². The van der Waals surface area contributed by atoms with Gasteiger partial charge in [0.15, 0.2) is 0 Å². The number of benzene rings is 1. The SMILES string of the molecule is CC(C)CC(C)(CN)NC(=O)c1ccc(S(=O)(=O)N2CCCCC2C)cc1. The molecule has 27 heavy (non-hydrogen) atoms. The highest BCUT2D eigenvalue weighted by atomic mass is 32.2. The van der Waals surface area contributed by atoms with Gasteiger partial charge in [0.05, 0.1) is 4.90 Å². The van der Waals surface area contributed by atoms with Crippen LogP contribution in [0.25, 0.3) is 0 Å². The maximum absolute atomic E-state index is 12.9. The van der Waals surface area contributed by atoms with E-state index in [0.29, 0.717) is 24.6 Å². The number of nitrogens with one attached hydrogen (secondary N) is 1. The molecule has 0 bridgehead atoms. The Bertz CT molecular complexity index is 746. The van der Waals surface area contributed by atoms with Gasteiger partial charge in [-0.05, 0) is 63.3 Å². The fourth-order valence-corrected chi connectivity index (χ4v) is 5.47. The Labute approximate surface area is 163 Å². The van der Waals surface area contributed by atoms with Crippen LogP contribution in [0.5, 0.6) is 0 Å². The average molecular weight is 396 g/mol. The van der Waals surface area contributed by atoms with Crippen molar-refractivity contribution in [3.8, 4) is 0 Å². The molecule has 3 N–H and O–H groups in total. The second-order valence-corrected chi connectivity index (χ2v) is 10.2. The third-order valence-corrected chi connectivity index (χ3v) is 7.22. The first-order valence-electron chi connectivity index (χ1n) is 9.73.